The molecule has 3 aromatic rings. The molecule has 0 bridgehead atoms. The lowest BCUT2D eigenvalue weighted by molar-refractivity contribution is -0.133. The van der Waals surface area contributed by atoms with Crippen molar-refractivity contribution in [1.29, 1.82) is 0 Å². The lowest BCUT2D eigenvalue weighted by Crippen LogP contribution is -2.33. The molecule has 0 spiro atoms. The van der Waals surface area contributed by atoms with Gasteiger partial charge in [-0.05, 0) is 85.0 Å². The number of carbonyl (C=O) groups is 2. The number of hydrogen-bond acceptors (Lipinski definition) is 5. The fourth-order valence-electron chi connectivity index (χ4n) is 5.42. The number of ether oxygens (including phenoxy) is 1. The van der Waals surface area contributed by atoms with Gasteiger partial charge in [0.1, 0.15) is 6.61 Å². The second-order valence-electron chi connectivity index (χ2n) is 11.5. The molecule has 0 unspecified atom stereocenters. The summed E-state index contributed by atoms with van der Waals surface area (Å²) < 4.78 is 5.56. The minimum Gasteiger partial charge on any atom is -0.444 e. The van der Waals surface area contributed by atoms with E-state index in [4.69, 9.17) is 10.5 Å². The van der Waals surface area contributed by atoms with E-state index < -0.39 is 6.09 Å². The maximum atomic E-state index is 12.9. The predicted molar refractivity (Wildman–Crippen MR) is 165 cm³/mol. The Labute approximate surface area is 243 Å². The van der Waals surface area contributed by atoms with Crippen LogP contribution < -0.4 is 16.0 Å². The number of hydrogen-bond donors (Lipinski definition) is 2. The Morgan fingerprint density at radius 3 is 2.39 bits per heavy atom. The molecule has 0 atom stereocenters. The van der Waals surface area contributed by atoms with Gasteiger partial charge in [0.05, 0.1) is 11.4 Å². The normalized spacial score (nSPS) is 15.4. The van der Waals surface area contributed by atoms with Crippen molar-refractivity contribution < 1.29 is 14.3 Å². The molecule has 1 saturated heterocycles. The number of anilines is 2. The van der Waals surface area contributed by atoms with E-state index in [0.29, 0.717) is 25.6 Å². The summed E-state index contributed by atoms with van der Waals surface area (Å²) in [6.07, 6.45) is 4.56. The van der Waals surface area contributed by atoms with Gasteiger partial charge in [-0.25, -0.2) is 4.79 Å². The van der Waals surface area contributed by atoms with Crippen LogP contribution in [0.3, 0.4) is 0 Å². The largest absolute Gasteiger partial charge is 0.444 e. The van der Waals surface area contributed by atoms with Gasteiger partial charge in [0.15, 0.2) is 0 Å². The van der Waals surface area contributed by atoms with Gasteiger partial charge in [0, 0.05) is 32.1 Å². The van der Waals surface area contributed by atoms with Gasteiger partial charge < -0.3 is 20.3 Å². The van der Waals surface area contributed by atoms with E-state index in [2.05, 4.69) is 47.5 Å². The second kappa shape index (κ2) is 13.7. The molecule has 2 amide bonds. The van der Waals surface area contributed by atoms with Crippen LogP contribution >= 0.6 is 0 Å². The van der Waals surface area contributed by atoms with Crippen LogP contribution in [0.25, 0.3) is 11.1 Å². The molecule has 5 rings (SSSR count). The molecule has 0 radical (unpaired) electrons. The summed E-state index contributed by atoms with van der Waals surface area (Å²) in [6.45, 7) is 6.24. The highest BCUT2D eigenvalue weighted by atomic mass is 16.5. The number of carbonyl (C=O) groups excluding carboxylic acids is 2. The fraction of sp³-hybridized carbons (Fsp3) is 0.412. The van der Waals surface area contributed by atoms with Gasteiger partial charge in [0.2, 0.25) is 5.91 Å². The number of nitrogens with one attached hydrogen (secondary N) is 1. The van der Waals surface area contributed by atoms with Crippen LogP contribution in [0.5, 0.6) is 0 Å². The van der Waals surface area contributed by atoms with Crippen molar-refractivity contribution >= 4 is 23.4 Å². The summed E-state index contributed by atoms with van der Waals surface area (Å²) >= 11 is 0. The minimum atomic E-state index is -0.472. The molecule has 3 aromatic carbocycles. The van der Waals surface area contributed by atoms with Crippen molar-refractivity contribution in [2.45, 2.75) is 52.2 Å². The zero-order valence-electron chi connectivity index (χ0n) is 24.1. The van der Waals surface area contributed by atoms with Crippen molar-refractivity contribution in [2.75, 3.05) is 36.4 Å². The highest BCUT2D eigenvalue weighted by Gasteiger charge is 2.33. The molecule has 0 aromatic heterocycles. The number of piperidine rings is 1. The average molecular weight is 555 g/mol. The zero-order chi connectivity index (χ0) is 28.6. The van der Waals surface area contributed by atoms with Crippen LogP contribution in [0.2, 0.25) is 0 Å². The molecule has 2 aliphatic rings. The third-order valence-corrected chi connectivity index (χ3v) is 8.07. The van der Waals surface area contributed by atoms with Crippen LogP contribution in [-0.2, 0) is 22.7 Å². The molecule has 7 heteroatoms. The van der Waals surface area contributed by atoms with Crippen LogP contribution in [0, 0.1) is 11.8 Å². The maximum absolute atomic E-state index is 12.9. The van der Waals surface area contributed by atoms with Gasteiger partial charge in [-0.3, -0.25) is 10.1 Å². The maximum Gasteiger partial charge on any atom is 0.412 e. The SMILES string of the molecule is CC1CCN(c2ccc(-c3cccc(CN(CCCN)C(=O)C4CC4)c3)cc2NC(=O)OCc2ccccc2)CC1. The van der Waals surface area contributed by atoms with E-state index >= 15 is 0 Å². The van der Waals surface area contributed by atoms with Crippen LogP contribution in [0.1, 0.15) is 50.2 Å². The van der Waals surface area contributed by atoms with Gasteiger partial charge >= 0.3 is 6.09 Å². The summed E-state index contributed by atoms with van der Waals surface area (Å²) in [6, 6.07) is 24.3. The van der Waals surface area contributed by atoms with Crippen molar-refractivity contribution in [1.82, 2.24) is 4.90 Å². The molecule has 41 heavy (non-hydrogen) atoms. The Morgan fingerprint density at radius 1 is 0.927 bits per heavy atom. The molecular weight excluding hydrogens is 512 g/mol. The molecule has 216 valence electrons. The standard InChI is InChI=1S/C34H42N4O3/c1-25-15-19-37(20-16-25)32-14-13-30(22-31(32)36-34(40)41-24-26-7-3-2-4-8-26)29-10-5-9-27(21-29)23-38(18-6-17-35)33(39)28-11-12-28/h2-5,7-10,13-14,21-22,25,28H,6,11-12,15-20,23-24,35H2,1H3,(H,36,40). The van der Waals surface area contributed by atoms with Gasteiger partial charge in [-0.1, -0.05) is 61.5 Å². The Kier molecular flexibility index (Phi) is 9.57. The Morgan fingerprint density at radius 2 is 1.66 bits per heavy atom. The Balaban J connectivity index is 1.36. The lowest BCUT2D eigenvalue weighted by atomic mass is 9.97. The molecular formula is C34H42N4O3. The van der Waals surface area contributed by atoms with Crippen LogP contribution in [0.4, 0.5) is 16.2 Å². The average Bonchev–Trinajstić information content (AvgIpc) is 3.85. The third-order valence-electron chi connectivity index (χ3n) is 8.07. The molecule has 2 fully saturated rings. The summed E-state index contributed by atoms with van der Waals surface area (Å²) in [5.41, 5.74) is 11.6. The quantitative estimate of drug-likeness (QED) is 0.285. The van der Waals surface area contributed by atoms with Gasteiger partial charge in [-0.15, -0.1) is 0 Å². The Hall–Kier alpha value is -3.84. The summed E-state index contributed by atoms with van der Waals surface area (Å²) in [4.78, 5) is 30.1. The highest BCUT2D eigenvalue weighted by Crippen LogP contribution is 2.35. The first-order valence-corrected chi connectivity index (χ1v) is 14.9. The zero-order valence-corrected chi connectivity index (χ0v) is 24.1. The van der Waals surface area contributed by atoms with Gasteiger partial charge in [-0.2, -0.15) is 0 Å². The van der Waals surface area contributed by atoms with Crippen molar-refractivity contribution in [3.63, 3.8) is 0 Å². The number of amides is 2. The lowest BCUT2D eigenvalue weighted by Gasteiger charge is -2.33. The molecule has 1 saturated carbocycles. The monoisotopic (exact) mass is 554 g/mol. The van der Waals surface area contributed by atoms with Crippen LogP contribution in [0.15, 0.2) is 72.8 Å². The van der Waals surface area contributed by atoms with E-state index in [-0.39, 0.29) is 18.4 Å². The first kappa shape index (κ1) is 28.7. The van der Waals surface area contributed by atoms with E-state index in [0.717, 1.165) is 78.8 Å². The molecule has 7 nitrogen and oxygen atoms in total. The molecule has 1 heterocycles. The summed E-state index contributed by atoms with van der Waals surface area (Å²) in [5.74, 6) is 1.12. The van der Waals surface area contributed by atoms with E-state index in [1.54, 1.807) is 0 Å². The minimum absolute atomic E-state index is 0.177. The number of nitrogens with zero attached hydrogens (tertiary/aromatic N) is 2. The van der Waals surface area contributed by atoms with Crippen LogP contribution in [-0.4, -0.2) is 43.1 Å². The molecule has 3 N–H and O–H groups in total. The van der Waals surface area contributed by atoms with Crippen molar-refractivity contribution in [2.24, 2.45) is 17.6 Å². The molecule has 1 aliphatic carbocycles. The van der Waals surface area contributed by atoms with Gasteiger partial charge in [0.25, 0.3) is 0 Å². The molecule has 1 aliphatic heterocycles. The van der Waals surface area contributed by atoms with E-state index in [9.17, 15) is 9.59 Å². The fourth-order valence-corrected chi connectivity index (χ4v) is 5.42. The van der Waals surface area contributed by atoms with E-state index in [1.165, 1.54) is 0 Å². The van der Waals surface area contributed by atoms with Crippen molar-refractivity contribution in [3.05, 3.63) is 83.9 Å². The first-order chi connectivity index (χ1) is 20.0. The van der Waals surface area contributed by atoms with Crippen molar-refractivity contribution in [3.8, 4) is 11.1 Å². The second-order valence-corrected chi connectivity index (χ2v) is 11.5. The highest BCUT2D eigenvalue weighted by molar-refractivity contribution is 5.91. The summed E-state index contributed by atoms with van der Waals surface area (Å²) in [7, 11) is 0. The topological polar surface area (TPSA) is 87.9 Å². The number of nitrogens with two attached hydrogens (primary N) is 1. The predicted octanol–water partition coefficient (Wildman–Crippen LogP) is 6.43. The smallest absolute Gasteiger partial charge is 0.412 e. The summed E-state index contributed by atoms with van der Waals surface area (Å²) in [5, 5.41) is 3.04. The third kappa shape index (κ3) is 7.88. The van der Waals surface area contributed by atoms with E-state index in [1.807, 2.05) is 47.4 Å². The Bertz CT molecular complexity index is 1320. The number of benzene rings is 3. The number of rotatable bonds is 11. The first-order valence-electron chi connectivity index (χ1n) is 14.9.